The molecule has 1 N–H and O–H groups in total. The van der Waals surface area contributed by atoms with E-state index in [2.05, 4.69) is 5.32 Å². The Hall–Kier alpha value is -1.53. The van der Waals surface area contributed by atoms with Gasteiger partial charge in [0.15, 0.2) is 0 Å². The van der Waals surface area contributed by atoms with Crippen LogP contribution in [0.25, 0.3) is 0 Å². The molecule has 2 aromatic rings. The fourth-order valence-electron chi connectivity index (χ4n) is 2.66. The maximum absolute atomic E-state index is 12.3. The molecule has 0 radical (unpaired) electrons. The van der Waals surface area contributed by atoms with Crippen LogP contribution in [0.3, 0.4) is 0 Å². The molecule has 132 valence electrons. The number of nitrogens with one attached hydrogen (secondary N) is 1. The zero-order chi connectivity index (χ0) is 18.4. The number of carboxylic acid groups (broad SMARTS) is 1. The summed E-state index contributed by atoms with van der Waals surface area (Å²) in [4.78, 5) is 23.7. The molecular weight excluding hydrogens is 365 g/mol. The van der Waals surface area contributed by atoms with Crippen LogP contribution in [0.5, 0.6) is 5.75 Å². The number of benzene rings is 2. The molecule has 2 aromatic carbocycles. The van der Waals surface area contributed by atoms with Gasteiger partial charge < -0.3 is 20.0 Å². The molecule has 0 aromatic heterocycles. The number of hydrogen-bond acceptors (Lipinski definition) is 4. The molecule has 1 amide bonds. The molecule has 1 atom stereocenters. The Balaban J connectivity index is 0.00000338. The summed E-state index contributed by atoms with van der Waals surface area (Å²) < 4.78 is 5.28. The first kappa shape index (κ1) is 22.5. The van der Waals surface area contributed by atoms with Crippen molar-refractivity contribution in [1.29, 1.82) is 0 Å². The van der Waals surface area contributed by atoms with Crippen molar-refractivity contribution < 1.29 is 49.0 Å². The van der Waals surface area contributed by atoms with Gasteiger partial charge in [-0.05, 0) is 36.6 Å². The summed E-state index contributed by atoms with van der Waals surface area (Å²) in [7, 11) is 1.49. The topological polar surface area (TPSA) is 78.5 Å². The molecule has 26 heavy (non-hydrogen) atoms. The van der Waals surface area contributed by atoms with Crippen molar-refractivity contribution in [3.63, 3.8) is 0 Å². The Morgan fingerprint density at radius 2 is 1.88 bits per heavy atom. The number of aryl methyl sites for hydroxylation is 1. The first-order chi connectivity index (χ1) is 11.9. The van der Waals surface area contributed by atoms with Gasteiger partial charge in [0.2, 0.25) is 5.91 Å². The average molecular weight is 384 g/mol. The van der Waals surface area contributed by atoms with Gasteiger partial charge in [-0.3, -0.25) is 4.79 Å². The van der Waals surface area contributed by atoms with Gasteiger partial charge in [-0.15, -0.1) is 0 Å². The van der Waals surface area contributed by atoms with Crippen LogP contribution in [0.4, 0.5) is 5.69 Å². The number of anilines is 1. The number of methoxy groups -OCH3 is 1. The minimum Gasteiger partial charge on any atom is -0.550 e. The third-order valence-corrected chi connectivity index (χ3v) is 4.03. The quantitative estimate of drug-likeness (QED) is 0.660. The van der Waals surface area contributed by atoms with Crippen LogP contribution in [0.1, 0.15) is 17.5 Å². The standard InChI is InChI=1S/C19H20ClNO4.Na/c1-12-8-15(20)11-16(18(12)25-2)21-17(22)10-14(19(23)24)9-13-6-4-3-5-7-13;/h3-8,11,14H,9-10H2,1-2H3,(H,21,22)(H,23,24);/q;+1/p-1. The van der Waals surface area contributed by atoms with E-state index in [-0.39, 0.29) is 42.4 Å². The maximum atomic E-state index is 12.3. The zero-order valence-electron chi connectivity index (χ0n) is 15.0. The molecule has 0 saturated carbocycles. The molecule has 0 spiro atoms. The fraction of sp³-hybridized carbons (Fsp3) is 0.263. The molecule has 0 saturated heterocycles. The summed E-state index contributed by atoms with van der Waals surface area (Å²) in [6.07, 6.45) is 0.0221. The Morgan fingerprint density at radius 3 is 2.46 bits per heavy atom. The van der Waals surface area contributed by atoms with Crippen molar-refractivity contribution in [2.45, 2.75) is 19.8 Å². The molecule has 0 fully saturated rings. The predicted octanol–water partition coefficient (Wildman–Crippen LogP) is -0.402. The minimum atomic E-state index is -1.26. The van der Waals surface area contributed by atoms with Crippen LogP contribution < -0.4 is 44.7 Å². The third-order valence-electron chi connectivity index (χ3n) is 3.81. The van der Waals surface area contributed by atoms with E-state index in [4.69, 9.17) is 16.3 Å². The van der Waals surface area contributed by atoms with Gasteiger partial charge in [0.1, 0.15) is 5.75 Å². The summed E-state index contributed by atoms with van der Waals surface area (Å²) in [6, 6.07) is 12.4. The van der Waals surface area contributed by atoms with Crippen LogP contribution in [0.15, 0.2) is 42.5 Å². The Labute approximate surface area is 180 Å². The van der Waals surface area contributed by atoms with Crippen LogP contribution in [0, 0.1) is 12.8 Å². The summed E-state index contributed by atoms with van der Waals surface area (Å²) in [5.74, 6) is -2.13. The fourth-order valence-corrected chi connectivity index (χ4v) is 2.93. The van der Waals surface area contributed by atoms with E-state index < -0.39 is 17.8 Å². The first-order valence-corrected chi connectivity index (χ1v) is 8.17. The van der Waals surface area contributed by atoms with E-state index in [1.54, 1.807) is 19.1 Å². The number of carbonyl (C=O) groups is 2. The van der Waals surface area contributed by atoms with Gasteiger partial charge in [-0.2, -0.15) is 0 Å². The smallest absolute Gasteiger partial charge is 0.550 e. The second-order valence-corrected chi connectivity index (χ2v) is 6.20. The number of hydrogen-bond donors (Lipinski definition) is 1. The summed E-state index contributed by atoms with van der Waals surface area (Å²) >= 11 is 6.02. The summed E-state index contributed by atoms with van der Waals surface area (Å²) in [5.41, 5.74) is 2.01. The predicted molar refractivity (Wildman–Crippen MR) is 94.6 cm³/mol. The molecular formula is C19H19ClNNaO4. The monoisotopic (exact) mass is 383 g/mol. The molecule has 2 rings (SSSR count). The molecule has 0 aliphatic rings. The number of rotatable bonds is 7. The number of carbonyl (C=O) groups excluding carboxylic acids is 2. The van der Waals surface area contributed by atoms with Crippen molar-refractivity contribution >= 4 is 29.2 Å². The van der Waals surface area contributed by atoms with E-state index in [0.29, 0.717) is 16.5 Å². The van der Waals surface area contributed by atoms with E-state index in [9.17, 15) is 14.7 Å². The average Bonchev–Trinajstić information content (AvgIpc) is 2.54. The molecule has 7 heteroatoms. The number of amides is 1. The maximum Gasteiger partial charge on any atom is 1.00 e. The van der Waals surface area contributed by atoms with E-state index in [0.717, 1.165) is 11.1 Å². The number of carboxylic acids is 1. The van der Waals surface area contributed by atoms with E-state index in [1.165, 1.54) is 7.11 Å². The molecule has 5 nitrogen and oxygen atoms in total. The molecule has 0 bridgehead atoms. The second-order valence-electron chi connectivity index (χ2n) is 5.76. The van der Waals surface area contributed by atoms with Crippen molar-refractivity contribution in [1.82, 2.24) is 0 Å². The second kappa shape index (κ2) is 10.6. The van der Waals surface area contributed by atoms with Crippen molar-refractivity contribution in [2.75, 3.05) is 12.4 Å². The van der Waals surface area contributed by atoms with Crippen LogP contribution in [0.2, 0.25) is 5.02 Å². The van der Waals surface area contributed by atoms with Crippen molar-refractivity contribution in [2.24, 2.45) is 5.92 Å². The SMILES string of the molecule is COc1c(C)cc(Cl)cc1NC(=O)CC(Cc1ccccc1)C(=O)[O-].[Na+]. The van der Waals surface area contributed by atoms with Gasteiger partial charge in [-0.1, -0.05) is 41.9 Å². The van der Waals surface area contributed by atoms with Gasteiger partial charge in [0.05, 0.1) is 12.8 Å². The van der Waals surface area contributed by atoms with Crippen molar-refractivity contribution in [3.05, 3.63) is 58.6 Å². The van der Waals surface area contributed by atoms with Crippen LogP contribution >= 0.6 is 11.6 Å². The van der Waals surface area contributed by atoms with Crippen molar-refractivity contribution in [3.8, 4) is 5.75 Å². The van der Waals surface area contributed by atoms with Crippen LogP contribution in [-0.2, 0) is 16.0 Å². The molecule has 0 heterocycles. The molecule has 1 unspecified atom stereocenters. The Bertz CT molecular complexity index is 768. The van der Waals surface area contributed by atoms with E-state index >= 15 is 0 Å². The molecule has 0 aliphatic heterocycles. The normalized spacial score (nSPS) is 11.2. The Kier molecular flexibility index (Phi) is 9.16. The van der Waals surface area contributed by atoms with E-state index in [1.807, 2.05) is 30.3 Å². The number of halogens is 1. The third kappa shape index (κ3) is 6.32. The zero-order valence-corrected chi connectivity index (χ0v) is 17.8. The van der Waals surface area contributed by atoms with Gasteiger partial charge in [-0.25, -0.2) is 0 Å². The summed E-state index contributed by atoms with van der Waals surface area (Å²) in [6.45, 7) is 1.81. The Morgan fingerprint density at radius 1 is 1.23 bits per heavy atom. The summed E-state index contributed by atoms with van der Waals surface area (Å²) in [5, 5.41) is 14.5. The molecule has 0 aliphatic carbocycles. The largest absolute Gasteiger partial charge is 1.00 e. The van der Waals surface area contributed by atoms with Gasteiger partial charge >= 0.3 is 29.6 Å². The first-order valence-electron chi connectivity index (χ1n) is 7.79. The van der Waals surface area contributed by atoms with Gasteiger partial charge in [0.25, 0.3) is 0 Å². The van der Waals surface area contributed by atoms with Gasteiger partial charge in [0, 0.05) is 23.3 Å². The number of aliphatic carboxylic acids is 1. The number of ether oxygens (including phenoxy) is 1. The minimum absolute atomic E-state index is 0. The van der Waals surface area contributed by atoms with Crippen LogP contribution in [-0.4, -0.2) is 19.0 Å².